The van der Waals surface area contributed by atoms with Crippen LogP contribution in [0.2, 0.25) is 0 Å². The van der Waals surface area contributed by atoms with Gasteiger partial charge in [0.1, 0.15) is 6.26 Å². The SMILES string of the molecule is CC1CCCC(CN)N1C(=O)c1ccc(=O)oc1. The van der Waals surface area contributed by atoms with E-state index in [0.29, 0.717) is 12.1 Å². The quantitative estimate of drug-likeness (QED) is 0.849. The van der Waals surface area contributed by atoms with Crippen LogP contribution < -0.4 is 11.4 Å². The van der Waals surface area contributed by atoms with Gasteiger partial charge in [0.15, 0.2) is 0 Å². The fraction of sp³-hybridized carbons (Fsp3) is 0.538. The number of nitrogens with two attached hydrogens (primary N) is 1. The first-order valence-corrected chi connectivity index (χ1v) is 6.25. The highest BCUT2D eigenvalue weighted by atomic mass is 16.4. The zero-order chi connectivity index (χ0) is 13.1. The molecule has 98 valence electrons. The molecule has 1 aromatic heterocycles. The van der Waals surface area contributed by atoms with E-state index in [2.05, 4.69) is 0 Å². The average molecular weight is 250 g/mol. The minimum absolute atomic E-state index is 0.0770. The molecule has 1 aliphatic rings. The summed E-state index contributed by atoms with van der Waals surface area (Å²) >= 11 is 0. The first-order chi connectivity index (χ1) is 8.63. The van der Waals surface area contributed by atoms with Crippen molar-refractivity contribution in [1.29, 1.82) is 0 Å². The molecule has 1 amide bonds. The number of hydrogen-bond acceptors (Lipinski definition) is 4. The summed E-state index contributed by atoms with van der Waals surface area (Å²) in [6.45, 7) is 2.49. The molecule has 2 N–H and O–H groups in total. The molecule has 0 aromatic carbocycles. The molecule has 2 rings (SSSR count). The van der Waals surface area contributed by atoms with Gasteiger partial charge in [-0.2, -0.15) is 0 Å². The topological polar surface area (TPSA) is 76.5 Å². The lowest BCUT2D eigenvalue weighted by atomic mass is 9.95. The first-order valence-electron chi connectivity index (χ1n) is 6.25. The summed E-state index contributed by atoms with van der Waals surface area (Å²) in [5.41, 5.74) is 5.68. The highest BCUT2D eigenvalue weighted by Crippen LogP contribution is 2.24. The molecular formula is C13H18N2O3. The Labute approximate surface area is 106 Å². The number of carbonyl (C=O) groups excluding carboxylic acids is 1. The molecule has 0 bridgehead atoms. The van der Waals surface area contributed by atoms with Crippen LogP contribution in [0.1, 0.15) is 36.5 Å². The molecule has 2 unspecified atom stereocenters. The monoisotopic (exact) mass is 250 g/mol. The van der Waals surface area contributed by atoms with Gasteiger partial charge in [-0.15, -0.1) is 0 Å². The Bertz CT molecular complexity index is 463. The number of carbonyl (C=O) groups is 1. The van der Waals surface area contributed by atoms with Crippen LogP contribution in [0.4, 0.5) is 0 Å². The van der Waals surface area contributed by atoms with E-state index in [1.165, 1.54) is 18.4 Å². The van der Waals surface area contributed by atoms with E-state index in [-0.39, 0.29) is 18.0 Å². The van der Waals surface area contributed by atoms with E-state index in [4.69, 9.17) is 10.2 Å². The van der Waals surface area contributed by atoms with Crippen LogP contribution in [-0.4, -0.2) is 29.4 Å². The van der Waals surface area contributed by atoms with E-state index >= 15 is 0 Å². The Morgan fingerprint density at radius 1 is 1.50 bits per heavy atom. The van der Waals surface area contributed by atoms with Crippen molar-refractivity contribution in [2.75, 3.05) is 6.54 Å². The number of nitrogens with zero attached hydrogens (tertiary/aromatic N) is 1. The van der Waals surface area contributed by atoms with Gasteiger partial charge in [0, 0.05) is 24.7 Å². The number of rotatable bonds is 2. The van der Waals surface area contributed by atoms with Crippen molar-refractivity contribution in [2.45, 2.75) is 38.3 Å². The largest absolute Gasteiger partial charge is 0.430 e. The Kier molecular flexibility index (Phi) is 3.81. The summed E-state index contributed by atoms with van der Waals surface area (Å²) in [5.74, 6) is -0.110. The second-order valence-corrected chi connectivity index (χ2v) is 4.73. The summed E-state index contributed by atoms with van der Waals surface area (Å²) in [5, 5.41) is 0. The van der Waals surface area contributed by atoms with Gasteiger partial charge >= 0.3 is 5.63 Å². The minimum Gasteiger partial charge on any atom is -0.430 e. The molecule has 0 spiro atoms. The average Bonchev–Trinajstić information content (AvgIpc) is 2.38. The molecule has 0 saturated carbocycles. The second kappa shape index (κ2) is 5.35. The predicted molar refractivity (Wildman–Crippen MR) is 67.3 cm³/mol. The van der Waals surface area contributed by atoms with Gasteiger partial charge in [-0.1, -0.05) is 0 Å². The first kappa shape index (κ1) is 12.8. The van der Waals surface area contributed by atoms with Crippen molar-refractivity contribution in [2.24, 2.45) is 5.73 Å². The summed E-state index contributed by atoms with van der Waals surface area (Å²) < 4.78 is 4.74. The van der Waals surface area contributed by atoms with Crippen LogP contribution in [0, 0.1) is 0 Å². The molecule has 1 aliphatic heterocycles. The van der Waals surface area contributed by atoms with E-state index in [1.54, 1.807) is 0 Å². The maximum Gasteiger partial charge on any atom is 0.335 e. The second-order valence-electron chi connectivity index (χ2n) is 4.73. The number of amides is 1. The molecule has 2 atom stereocenters. The molecule has 5 heteroatoms. The van der Waals surface area contributed by atoms with Crippen LogP contribution >= 0.6 is 0 Å². The Hall–Kier alpha value is -1.62. The third-order valence-electron chi connectivity index (χ3n) is 3.48. The highest BCUT2D eigenvalue weighted by molar-refractivity contribution is 5.94. The number of hydrogen-bond donors (Lipinski definition) is 1. The maximum atomic E-state index is 12.4. The molecule has 1 aromatic rings. The fourth-order valence-corrected chi connectivity index (χ4v) is 2.51. The molecule has 0 radical (unpaired) electrons. The Balaban J connectivity index is 2.24. The molecule has 2 heterocycles. The van der Waals surface area contributed by atoms with Gasteiger partial charge in [-0.05, 0) is 32.3 Å². The van der Waals surface area contributed by atoms with Gasteiger partial charge in [-0.25, -0.2) is 4.79 Å². The van der Waals surface area contributed by atoms with Gasteiger partial charge in [0.25, 0.3) is 5.91 Å². The predicted octanol–water partition coefficient (Wildman–Crippen LogP) is 0.982. The lowest BCUT2D eigenvalue weighted by Crippen LogP contribution is -2.51. The third-order valence-corrected chi connectivity index (χ3v) is 3.48. The smallest absolute Gasteiger partial charge is 0.335 e. The summed E-state index contributed by atoms with van der Waals surface area (Å²) in [4.78, 5) is 25.1. The lowest BCUT2D eigenvalue weighted by molar-refractivity contribution is 0.0491. The zero-order valence-electron chi connectivity index (χ0n) is 10.5. The highest BCUT2D eigenvalue weighted by Gasteiger charge is 2.31. The van der Waals surface area contributed by atoms with E-state index < -0.39 is 5.63 Å². The van der Waals surface area contributed by atoms with Crippen molar-refractivity contribution in [1.82, 2.24) is 4.90 Å². The molecule has 0 aliphatic carbocycles. The molecule has 5 nitrogen and oxygen atoms in total. The third kappa shape index (κ3) is 2.46. The van der Waals surface area contributed by atoms with Gasteiger partial charge in [0.05, 0.1) is 5.56 Å². The normalized spacial score (nSPS) is 24.0. The number of piperidine rings is 1. The lowest BCUT2D eigenvalue weighted by Gasteiger charge is -2.40. The standard InChI is InChI=1S/C13H18N2O3/c1-9-3-2-4-11(7-14)15(9)13(17)10-5-6-12(16)18-8-10/h5-6,8-9,11H,2-4,7,14H2,1H3. The summed E-state index contributed by atoms with van der Waals surface area (Å²) in [6.07, 6.45) is 4.23. The van der Waals surface area contributed by atoms with Crippen molar-refractivity contribution >= 4 is 5.91 Å². The van der Waals surface area contributed by atoms with E-state index in [9.17, 15) is 9.59 Å². The Morgan fingerprint density at radius 2 is 2.28 bits per heavy atom. The van der Waals surface area contributed by atoms with Crippen molar-refractivity contribution < 1.29 is 9.21 Å². The van der Waals surface area contributed by atoms with Crippen LogP contribution in [0.15, 0.2) is 27.6 Å². The van der Waals surface area contributed by atoms with Crippen molar-refractivity contribution in [3.8, 4) is 0 Å². The number of likely N-dealkylation sites (tertiary alicyclic amines) is 1. The maximum absolute atomic E-state index is 12.4. The summed E-state index contributed by atoms with van der Waals surface area (Å²) in [6, 6.07) is 3.02. The van der Waals surface area contributed by atoms with Crippen LogP contribution in [0.25, 0.3) is 0 Å². The van der Waals surface area contributed by atoms with Crippen molar-refractivity contribution in [3.05, 3.63) is 34.4 Å². The zero-order valence-corrected chi connectivity index (χ0v) is 10.5. The summed E-state index contributed by atoms with van der Waals surface area (Å²) in [7, 11) is 0. The van der Waals surface area contributed by atoms with E-state index in [0.717, 1.165) is 19.3 Å². The van der Waals surface area contributed by atoms with E-state index in [1.807, 2.05) is 11.8 Å². The van der Waals surface area contributed by atoms with Crippen molar-refractivity contribution in [3.63, 3.8) is 0 Å². The minimum atomic E-state index is -0.450. The van der Waals surface area contributed by atoms with Crippen LogP contribution in [0.5, 0.6) is 0 Å². The molecular weight excluding hydrogens is 232 g/mol. The van der Waals surface area contributed by atoms with Crippen LogP contribution in [0.3, 0.4) is 0 Å². The van der Waals surface area contributed by atoms with Crippen LogP contribution in [-0.2, 0) is 0 Å². The van der Waals surface area contributed by atoms with Gasteiger partial charge in [-0.3, -0.25) is 4.79 Å². The van der Waals surface area contributed by atoms with Gasteiger partial charge < -0.3 is 15.1 Å². The molecule has 1 saturated heterocycles. The fourth-order valence-electron chi connectivity index (χ4n) is 2.51. The molecule has 1 fully saturated rings. The Morgan fingerprint density at radius 3 is 2.89 bits per heavy atom. The molecule has 18 heavy (non-hydrogen) atoms. The van der Waals surface area contributed by atoms with Gasteiger partial charge in [0.2, 0.25) is 0 Å².